The summed E-state index contributed by atoms with van der Waals surface area (Å²) in [6, 6.07) is 7.28. The van der Waals surface area contributed by atoms with Gasteiger partial charge in [-0.3, -0.25) is 0 Å². The molecule has 2 heteroatoms. The first-order valence-electron chi connectivity index (χ1n) is 7.81. The Labute approximate surface area is 116 Å². The smallest absolute Gasteiger partial charge is 0.122 e. The van der Waals surface area contributed by atoms with Crippen LogP contribution in [0.3, 0.4) is 0 Å². The Morgan fingerprint density at radius 3 is 2.95 bits per heavy atom. The van der Waals surface area contributed by atoms with Crippen LogP contribution in [0.1, 0.15) is 50.2 Å². The van der Waals surface area contributed by atoms with Gasteiger partial charge < -0.3 is 10.1 Å². The molecule has 1 heterocycles. The lowest BCUT2D eigenvalue weighted by Gasteiger charge is -2.28. The van der Waals surface area contributed by atoms with Gasteiger partial charge in [-0.1, -0.05) is 31.4 Å². The maximum Gasteiger partial charge on any atom is 0.122 e. The lowest BCUT2D eigenvalue weighted by molar-refractivity contribution is 0.280. The fourth-order valence-electron chi connectivity index (χ4n) is 3.43. The molecule has 0 spiro atoms. The zero-order valence-electron chi connectivity index (χ0n) is 12.0. The summed E-state index contributed by atoms with van der Waals surface area (Å²) in [6.07, 6.45) is 8.17. The van der Waals surface area contributed by atoms with Gasteiger partial charge in [0, 0.05) is 19.0 Å². The highest BCUT2D eigenvalue weighted by Crippen LogP contribution is 2.28. The maximum atomic E-state index is 5.55. The number of nitrogens with one attached hydrogen (secondary N) is 1. The third-order valence-electron chi connectivity index (χ3n) is 4.74. The zero-order chi connectivity index (χ0) is 13.1. The van der Waals surface area contributed by atoms with E-state index in [1.54, 1.807) is 0 Å². The Hall–Kier alpha value is -1.02. The molecule has 0 unspecified atom stereocenters. The topological polar surface area (TPSA) is 21.3 Å². The highest BCUT2D eigenvalue weighted by atomic mass is 16.5. The third kappa shape index (κ3) is 3.11. The molecule has 2 aliphatic rings. The Balaban J connectivity index is 1.53. The monoisotopic (exact) mass is 259 g/mol. The molecule has 0 radical (unpaired) electrons. The van der Waals surface area contributed by atoms with Gasteiger partial charge in [0.2, 0.25) is 0 Å². The average Bonchev–Trinajstić information content (AvgIpc) is 2.93. The Morgan fingerprint density at radius 2 is 2.11 bits per heavy atom. The molecule has 104 valence electrons. The molecular weight excluding hydrogens is 234 g/mol. The third-order valence-corrected chi connectivity index (χ3v) is 4.74. The summed E-state index contributed by atoms with van der Waals surface area (Å²) < 4.78 is 5.55. The summed E-state index contributed by atoms with van der Waals surface area (Å²) in [7, 11) is 0. The van der Waals surface area contributed by atoms with E-state index in [9.17, 15) is 0 Å². The van der Waals surface area contributed by atoms with Crippen LogP contribution in [0.25, 0.3) is 0 Å². The van der Waals surface area contributed by atoms with Crippen LogP contribution >= 0.6 is 0 Å². The summed E-state index contributed by atoms with van der Waals surface area (Å²) in [4.78, 5) is 0. The fraction of sp³-hybridized carbons (Fsp3) is 0.647. The quantitative estimate of drug-likeness (QED) is 0.890. The first-order valence-corrected chi connectivity index (χ1v) is 7.81. The number of ether oxygens (including phenoxy) is 1. The van der Waals surface area contributed by atoms with Gasteiger partial charge in [-0.05, 0) is 42.9 Å². The minimum atomic E-state index is 0.643. The van der Waals surface area contributed by atoms with Crippen molar-refractivity contribution in [3.63, 3.8) is 0 Å². The number of hydrogen-bond donors (Lipinski definition) is 1. The predicted octanol–water partition coefficient (Wildman–Crippen LogP) is 3.68. The molecule has 3 rings (SSSR count). The second kappa shape index (κ2) is 5.96. The molecule has 1 aromatic rings. The van der Waals surface area contributed by atoms with Crippen molar-refractivity contribution in [3.05, 3.63) is 29.3 Å². The van der Waals surface area contributed by atoms with Crippen LogP contribution in [-0.4, -0.2) is 12.6 Å². The maximum absolute atomic E-state index is 5.55. The highest BCUT2D eigenvalue weighted by molar-refractivity contribution is 5.39. The fourth-order valence-corrected chi connectivity index (χ4v) is 3.43. The van der Waals surface area contributed by atoms with Crippen molar-refractivity contribution in [2.24, 2.45) is 5.92 Å². The van der Waals surface area contributed by atoms with Crippen molar-refractivity contribution < 1.29 is 4.74 Å². The predicted molar refractivity (Wildman–Crippen MR) is 78.5 cm³/mol. The van der Waals surface area contributed by atoms with Crippen molar-refractivity contribution in [2.45, 2.75) is 58.0 Å². The van der Waals surface area contributed by atoms with Gasteiger partial charge in [0.1, 0.15) is 5.75 Å². The second-order valence-electron chi connectivity index (χ2n) is 6.11. The van der Waals surface area contributed by atoms with E-state index in [-0.39, 0.29) is 0 Å². The van der Waals surface area contributed by atoms with Crippen molar-refractivity contribution in [3.8, 4) is 5.75 Å². The zero-order valence-corrected chi connectivity index (χ0v) is 12.0. The Bertz CT molecular complexity index is 423. The minimum Gasteiger partial charge on any atom is -0.493 e. The number of rotatable bonds is 4. The van der Waals surface area contributed by atoms with Crippen LogP contribution in [0.2, 0.25) is 0 Å². The number of hydrogen-bond acceptors (Lipinski definition) is 2. The molecule has 1 fully saturated rings. The molecule has 0 bridgehead atoms. The van der Waals surface area contributed by atoms with Gasteiger partial charge in [-0.25, -0.2) is 0 Å². The standard InChI is InChI=1S/C17H25NO/c1-13(15-5-3-2-4-6-15)18-12-14-7-8-17-16(11-14)9-10-19-17/h7-8,11,13,15,18H,2-6,9-10,12H2,1H3/t13-/m0/s1. The highest BCUT2D eigenvalue weighted by Gasteiger charge is 2.19. The number of fused-ring (bicyclic) bond motifs is 1. The van der Waals surface area contributed by atoms with Crippen LogP contribution in [0.15, 0.2) is 18.2 Å². The van der Waals surface area contributed by atoms with E-state index in [0.29, 0.717) is 6.04 Å². The molecule has 1 aliphatic carbocycles. The summed E-state index contributed by atoms with van der Waals surface area (Å²) in [5.74, 6) is 1.97. The molecule has 1 aliphatic heterocycles. The van der Waals surface area contributed by atoms with Gasteiger partial charge in [-0.15, -0.1) is 0 Å². The molecule has 1 aromatic carbocycles. The molecule has 0 saturated heterocycles. The van der Waals surface area contributed by atoms with E-state index in [0.717, 1.165) is 31.2 Å². The van der Waals surface area contributed by atoms with Gasteiger partial charge in [0.15, 0.2) is 0 Å². The van der Waals surface area contributed by atoms with E-state index in [1.807, 2.05) is 0 Å². The minimum absolute atomic E-state index is 0.643. The normalized spacial score (nSPS) is 20.9. The van der Waals surface area contributed by atoms with Gasteiger partial charge in [0.05, 0.1) is 6.61 Å². The molecule has 0 amide bonds. The van der Waals surface area contributed by atoms with Crippen LogP contribution in [-0.2, 0) is 13.0 Å². The van der Waals surface area contributed by atoms with E-state index >= 15 is 0 Å². The Kier molecular flexibility index (Phi) is 4.07. The van der Waals surface area contributed by atoms with E-state index in [4.69, 9.17) is 4.74 Å². The van der Waals surface area contributed by atoms with E-state index in [2.05, 4.69) is 30.4 Å². The van der Waals surface area contributed by atoms with Crippen LogP contribution in [0.5, 0.6) is 5.75 Å². The molecule has 0 aromatic heterocycles. The van der Waals surface area contributed by atoms with Gasteiger partial charge in [-0.2, -0.15) is 0 Å². The van der Waals surface area contributed by atoms with Crippen LogP contribution in [0.4, 0.5) is 0 Å². The second-order valence-corrected chi connectivity index (χ2v) is 6.11. The lowest BCUT2D eigenvalue weighted by Crippen LogP contribution is -2.34. The molecule has 1 atom stereocenters. The van der Waals surface area contributed by atoms with Crippen LogP contribution < -0.4 is 10.1 Å². The van der Waals surface area contributed by atoms with E-state index in [1.165, 1.54) is 43.2 Å². The summed E-state index contributed by atoms with van der Waals surface area (Å²) in [5, 5.41) is 3.72. The molecule has 19 heavy (non-hydrogen) atoms. The van der Waals surface area contributed by atoms with Crippen molar-refractivity contribution in [1.29, 1.82) is 0 Å². The SMILES string of the molecule is C[C@H](NCc1ccc2c(c1)CCO2)C1CCCCC1. The van der Waals surface area contributed by atoms with Gasteiger partial charge in [0.25, 0.3) is 0 Å². The Morgan fingerprint density at radius 1 is 1.26 bits per heavy atom. The number of benzene rings is 1. The first-order chi connectivity index (χ1) is 9.33. The van der Waals surface area contributed by atoms with E-state index < -0.39 is 0 Å². The molecule has 2 nitrogen and oxygen atoms in total. The molecule has 1 N–H and O–H groups in total. The van der Waals surface area contributed by atoms with Crippen molar-refractivity contribution >= 4 is 0 Å². The summed E-state index contributed by atoms with van der Waals surface area (Å²) in [5.41, 5.74) is 2.77. The lowest BCUT2D eigenvalue weighted by atomic mass is 9.84. The first kappa shape index (κ1) is 13.0. The van der Waals surface area contributed by atoms with Crippen LogP contribution in [0, 0.1) is 5.92 Å². The van der Waals surface area contributed by atoms with Crippen molar-refractivity contribution in [2.75, 3.05) is 6.61 Å². The van der Waals surface area contributed by atoms with Gasteiger partial charge >= 0.3 is 0 Å². The average molecular weight is 259 g/mol. The summed E-state index contributed by atoms with van der Waals surface area (Å²) in [6.45, 7) is 4.20. The molecule has 1 saturated carbocycles. The van der Waals surface area contributed by atoms with Crippen molar-refractivity contribution in [1.82, 2.24) is 5.32 Å². The largest absolute Gasteiger partial charge is 0.493 e. The molecular formula is C17H25NO. The summed E-state index contributed by atoms with van der Waals surface area (Å²) >= 11 is 0.